The molecule has 160 valence electrons. The number of aliphatic imine (C=N–C) groups is 1. The molecule has 0 amide bonds. The Morgan fingerprint density at radius 1 is 1.07 bits per heavy atom. The Balaban J connectivity index is 1.46. The van der Waals surface area contributed by atoms with E-state index in [4.69, 9.17) is 9.47 Å². The fourth-order valence-corrected chi connectivity index (χ4v) is 4.37. The van der Waals surface area contributed by atoms with Crippen molar-refractivity contribution < 1.29 is 9.47 Å². The van der Waals surface area contributed by atoms with E-state index in [1.807, 2.05) is 19.2 Å². The lowest BCUT2D eigenvalue weighted by atomic mass is 10.0. The number of ether oxygens (including phenoxy) is 2. The monoisotopic (exact) mass is 408 g/mol. The molecule has 0 saturated carbocycles. The molecule has 1 atom stereocenters. The third-order valence-electron chi connectivity index (χ3n) is 6.08. The molecule has 1 fully saturated rings. The van der Waals surface area contributed by atoms with E-state index in [9.17, 15) is 0 Å². The number of morpholine rings is 1. The maximum Gasteiger partial charge on any atom is 0.194 e. The van der Waals surface area contributed by atoms with Crippen molar-refractivity contribution in [1.82, 2.24) is 15.1 Å². The summed E-state index contributed by atoms with van der Waals surface area (Å²) in [5, 5.41) is 3.66. The van der Waals surface area contributed by atoms with Crippen LogP contribution < -0.4 is 10.1 Å². The Labute approximate surface area is 179 Å². The van der Waals surface area contributed by atoms with Gasteiger partial charge in [-0.25, -0.2) is 0 Å². The lowest BCUT2D eigenvalue weighted by molar-refractivity contribution is 0.0168. The number of hydrogen-bond donors (Lipinski definition) is 1. The van der Waals surface area contributed by atoms with E-state index in [1.165, 1.54) is 16.7 Å². The fraction of sp³-hybridized carbons (Fsp3) is 0.458. The van der Waals surface area contributed by atoms with Gasteiger partial charge in [-0.05, 0) is 35.2 Å². The van der Waals surface area contributed by atoms with Crippen molar-refractivity contribution in [3.05, 3.63) is 65.2 Å². The predicted molar refractivity (Wildman–Crippen MR) is 120 cm³/mol. The number of guanidine groups is 1. The first kappa shape index (κ1) is 20.7. The van der Waals surface area contributed by atoms with Crippen LogP contribution in [-0.4, -0.2) is 69.3 Å². The van der Waals surface area contributed by atoms with Crippen LogP contribution in [0.4, 0.5) is 0 Å². The van der Waals surface area contributed by atoms with Gasteiger partial charge in [0.1, 0.15) is 5.75 Å². The standard InChI is InChI=1S/C24H32N4O2/c1-25-24(28-12-11-19-5-3-4-6-21(19)18-28)26-17-23(27-13-15-30-16-14-27)20-7-9-22(29-2)10-8-20/h3-10,23H,11-18H2,1-2H3,(H,25,26). The lowest BCUT2D eigenvalue weighted by Gasteiger charge is -2.37. The molecular weight excluding hydrogens is 376 g/mol. The number of nitrogens with zero attached hydrogens (tertiary/aromatic N) is 3. The summed E-state index contributed by atoms with van der Waals surface area (Å²) >= 11 is 0. The number of methoxy groups -OCH3 is 1. The summed E-state index contributed by atoms with van der Waals surface area (Å²) in [4.78, 5) is 9.44. The first-order valence-electron chi connectivity index (χ1n) is 10.8. The molecule has 1 N–H and O–H groups in total. The van der Waals surface area contributed by atoms with Crippen LogP contribution in [0.25, 0.3) is 0 Å². The molecule has 0 spiro atoms. The third-order valence-corrected chi connectivity index (χ3v) is 6.08. The molecule has 2 heterocycles. The molecule has 2 aliphatic rings. The SMILES string of the molecule is CN=C(NCC(c1ccc(OC)cc1)N1CCOCC1)N1CCc2ccccc2C1. The Morgan fingerprint density at radius 2 is 1.80 bits per heavy atom. The molecule has 1 saturated heterocycles. The van der Waals surface area contributed by atoms with E-state index < -0.39 is 0 Å². The first-order chi connectivity index (χ1) is 14.8. The van der Waals surface area contributed by atoms with E-state index in [1.54, 1.807) is 7.11 Å². The van der Waals surface area contributed by atoms with Crippen molar-refractivity contribution in [2.24, 2.45) is 4.99 Å². The van der Waals surface area contributed by atoms with Crippen LogP contribution >= 0.6 is 0 Å². The zero-order chi connectivity index (χ0) is 20.8. The topological polar surface area (TPSA) is 49.3 Å². The Bertz CT molecular complexity index is 847. The molecule has 0 radical (unpaired) electrons. The number of benzene rings is 2. The molecule has 0 aliphatic carbocycles. The smallest absolute Gasteiger partial charge is 0.194 e. The van der Waals surface area contributed by atoms with Gasteiger partial charge in [0.05, 0.1) is 26.4 Å². The van der Waals surface area contributed by atoms with E-state index in [0.717, 1.165) is 64.1 Å². The summed E-state index contributed by atoms with van der Waals surface area (Å²) in [6.45, 7) is 6.13. The second-order valence-corrected chi connectivity index (χ2v) is 7.81. The molecule has 30 heavy (non-hydrogen) atoms. The summed E-state index contributed by atoms with van der Waals surface area (Å²) in [6.07, 6.45) is 1.06. The van der Waals surface area contributed by atoms with Crippen molar-refractivity contribution in [2.75, 3.05) is 53.6 Å². The van der Waals surface area contributed by atoms with E-state index >= 15 is 0 Å². The van der Waals surface area contributed by atoms with Gasteiger partial charge in [-0.3, -0.25) is 9.89 Å². The van der Waals surface area contributed by atoms with Crippen molar-refractivity contribution in [3.8, 4) is 5.75 Å². The second-order valence-electron chi connectivity index (χ2n) is 7.81. The molecule has 6 nitrogen and oxygen atoms in total. The quantitative estimate of drug-likeness (QED) is 0.609. The predicted octanol–water partition coefficient (Wildman–Crippen LogP) is 2.70. The van der Waals surface area contributed by atoms with Gasteiger partial charge < -0.3 is 19.7 Å². The summed E-state index contributed by atoms with van der Waals surface area (Å²) in [7, 11) is 3.58. The highest BCUT2D eigenvalue weighted by molar-refractivity contribution is 5.80. The van der Waals surface area contributed by atoms with Crippen LogP contribution in [0.1, 0.15) is 22.7 Å². The summed E-state index contributed by atoms with van der Waals surface area (Å²) in [6, 6.07) is 17.4. The van der Waals surface area contributed by atoms with Gasteiger partial charge in [-0.1, -0.05) is 36.4 Å². The average Bonchev–Trinajstić information content (AvgIpc) is 2.82. The van der Waals surface area contributed by atoms with Crippen molar-refractivity contribution >= 4 is 5.96 Å². The lowest BCUT2D eigenvalue weighted by Crippen LogP contribution is -2.48. The van der Waals surface area contributed by atoms with E-state index in [-0.39, 0.29) is 6.04 Å². The average molecular weight is 409 g/mol. The van der Waals surface area contributed by atoms with Crippen LogP contribution in [0.3, 0.4) is 0 Å². The molecule has 1 unspecified atom stereocenters. The third kappa shape index (κ3) is 4.77. The van der Waals surface area contributed by atoms with Crippen molar-refractivity contribution in [2.45, 2.75) is 19.0 Å². The molecule has 2 aromatic carbocycles. The number of hydrogen-bond acceptors (Lipinski definition) is 4. The molecule has 0 bridgehead atoms. The zero-order valence-corrected chi connectivity index (χ0v) is 18.0. The maximum absolute atomic E-state index is 5.58. The Hall–Kier alpha value is -2.57. The minimum absolute atomic E-state index is 0.258. The maximum atomic E-state index is 5.58. The van der Waals surface area contributed by atoms with Crippen LogP contribution in [-0.2, 0) is 17.7 Å². The van der Waals surface area contributed by atoms with Crippen molar-refractivity contribution in [1.29, 1.82) is 0 Å². The number of fused-ring (bicyclic) bond motifs is 1. The van der Waals surface area contributed by atoms with Gasteiger partial charge in [0.25, 0.3) is 0 Å². The largest absolute Gasteiger partial charge is 0.497 e. The number of nitrogens with one attached hydrogen (secondary N) is 1. The fourth-order valence-electron chi connectivity index (χ4n) is 4.37. The van der Waals surface area contributed by atoms with Crippen LogP contribution in [0, 0.1) is 0 Å². The van der Waals surface area contributed by atoms with Crippen LogP contribution in [0.2, 0.25) is 0 Å². The van der Waals surface area contributed by atoms with E-state index in [2.05, 4.69) is 56.5 Å². The highest BCUT2D eigenvalue weighted by Crippen LogP contribution is 2.24. The zero-order valence-electron chi connectivity index (χ0n) is 18.0. The highest BCUT2D eigenvalue weighted by Gasteiger charge is 2.25. The van der Waals surface area contributed by atoms with Gasteiger partial charge in [0, 0.05) is 39.8 Å². The van der Waals surface area contributed by atoms with Crippen molar-refractivity contribution in [3.63, 3.8) is 0 Å². The summed E-state index contributed by atoms with van der Waals surface area (Å²) < 4.78 is 10.9. The molecular formula is C24H32N4O2. The molecule has 0 aromatic heterocycles. The molecule has 2 aromatic rings. The summed E-state index contributed by atoms with van der Waals surface area (Å²) in [5.41, 5.74) is 4.13. The number of rotatable bonds is 5. The summed E-state index contributed by atoms with van der Waals surface area (Å²) in [5.74, 6) is 1.85. The first-order valence-corrected chi connectivity index (χ1v) is 10.8. The molecule has 4 rings (SSSR count). The Kier molecular flexibility index (Phi) is 6.87. The normalized spacial score (nSPS) is 18.6. The van der Waals surface area contributed by atoms with Gasteiger partial charge in [-0.2, -0.15) is 0 Å². The second kappa shape index (κ2) is 9.96. The molecule has 6 heteroatoms. The van der Waals surface area contributed by atoms with Gasteiger partial charge in [0.15, 0.2) is 5.96 Å². The minimum Gasteiger partial charge on any atom is -0.497 e. The Morgan fingerprint density at radius 3 is 2.50 bits per heavy atom. The van der Waals surface area contributed by atoms with Crippen LogP contribution in [0.15, 0.2) is 53.5 Å². The van der Waals surface area contributed by atoms with Crippen LogP contribution in [0.5, 0.6) is 5.75 Å². The van der Waals surface area contributed by atoms with Gasteiger partial charge in [-0.15, -0.1) is 0 Å². The highest BCUT2D eigenvalue weighted by atomic mass is 16.5. The van der Waals surface area contributed by atoms with Gasteiger partial charge in [0.2, 0.25) is 0 Å². The van der Waals surface area contributed by atoms with E-state index in [0.29, 0.717) is 0 Å². The van der Waals surface area contributed by atoms with Gasteiger partial charge >= 0.3 is 0 Å². The molecule has 2 aliphatic heterocycles. The minimum atomic E-state index is 0.258.